The molecule has 0 amide bonds. The number of nitriles is 1. The summed E-state index contributed by atoms with van der Waals surface area (Å²) in [7, 11) is 0. The third kappa shape index (κ3) is 5.26. The molecule has 0 N–H and O–H groups in total. The van der Waals surface area contributed by atoms with E-state index in [2.05, 4.69) is 116 Å². The fourth-order valence-corrected chi connectivity index (χ4v) is 7.39. The van der Waals surface area contributed by atoms with Crippen molar-refractivity contribution in [3.8, 4) is 39.8 Å². The van der Waals surface area contributed by atoms with E-state index in [-0.39, 0.29) is 26.5 Å². The zero-order chi connectivity index (χ0) is 34.9. The first kappa shape index (κ1) is 33.3. The largest absolute Gasteiger partial charge is 2.00 e. The second-order valence-electron chi connectivity index (χ2n) is 14.1. The SMILES string of the molecule is Cc1cc(-c2[c-]c(-n3c4ccccc4c4c(C#N)c5c6ccccc6n(-c6[c-]ccc(C(C)(C)C)c6)c5nc43)ccc2)ncc1-c1ccccc1.[Pt+2]. The van der Waals surface area contributed by atoms with Crippen LogP contribution >= 0.6 is 0 Å². The Morgan fingerprint density at radius 3 is 1.98 bits per heavy atom. The molecule has 9 aromatic rings. The van der Waals surface area contributed by atoms with Gasteiger partial charge in [0.2, 0.25) is 0 Å². The van der Waals surface area contributed by atoms with E-state index >= 15 is 0 Å². The van der Waals surface area contributed by atoms with Crippen molar-refractivity contribution in [2.24, 2.45) is 0 Å². The van der Waals surface area contributed by atoms with Crippen LogP contribution in [0.2, 0.25) is 0 Å². The molecule has 0 atom stereocenters. The van der Waals surface area contributed by atoms with Crippen LogP contribution in [-0.4, -0.2) is 19.1 Å². The second kappa shape index (κ2) is 12.7. The smallest absolute Gasteiger partial charge is 0.318 e. The fourth-order valence-electron chi connectivity index (χ4n) is 7.39. The summed E-state index contributed by atoms with van der Waals surface area (Å²) in [6.45, 7) is 8.76. The Balaban J connectivity index is 0.00000387. The second-order valence-corrected chi connectivity index (χ2v) is 14.1. The minimum atomic E-state index is -0.0519. The molecule has 9 rings (SSSR count). The molecule has 5 nitrogen and oxygen atoms in total. The molecule has 0 unspecified atom stereocenters. The number of nitrogens with zero attached hydrogens (tertiary/aromatic N) is 5. The number of aromatic nitrogens is 4. The van der Waals surface area contributed by atoms with Crippen molar-refractivity contribution in [3.63, 3.8) is 0 Å². The van der Waals surface area contributed by atoms with Gasteiger partial charge in [-0.05, 0) is 47.0 Å². The molecule has 252 valence electrons. The van der Waals surface area contributed by atoms with E-state index in [9.17, 15) is 5.26 Å². The molecule has 0 aliphatic carbocycles. The van der Waals surface area contributed by atoms with Crippen molar-refractivity contribution in [1.29, 1.82) is 5.26 Å². The summed E-state index contributed by atoms with van der Waals surface area (Å²) < 4.78 is 4.29. The predicted octanol–water partition coefficient (Wildman–Crippen LogP) is 11.1. The van der Waals surface area contributed by atoms with Gasteiger partial charge in [0.1, 0.15) is 17.4 Å². The average Bonchev–Trinajstić information content (AvgIpc) is 3.67. The van der Waals surface area contributed by atoms with Gasteiger partial charge in [0.05, 0.1) is 16.6 Å². The number of para-hydroxylation sites is 2. The molecule has 4 aromatic heterocycles. The van der Waals surface area contributed by atoms with Crippen molar-refractivity contribution < 1.29 is 21.1 Å². The maximum Gasteiger partial charge on any atom is 2.00 e. The van der Waals surface area contributed by atoms with Crippen molar-refractivity contribution in [2.45, 2.75) is 33.1 Å². The third-order valence-electron chi connectivity index (χ3n) is 9.91. The van der Waals surface area contributed by atoms with Crippen LogP contribution in [0.3, 0.4) is 0 Å². The monoisotopic (exact) mass is 850 g/mol. The van der Waals surface area contributed by atoms with E-state index in [1.165, 1.54) is 5.56 Å². The van der Waals surface area contributed by atoms with E-state index in [0.717, 1.165) is 77.5 Å². The van der Waals surface area contributed by atoms with Crippen LogP contribution in [0.1, 0.15) is 37.5 Å². The Labute approximate surface area is 317 Å². The molecule has 0 aliphatic heterocycles. The van der Waals surface area contributed by atoms with Crippen LogP contribution in [0.4, 0.5) is 0 Å². The number of benzene rings is 5. The molecular formula is C46H33N5Pt. The van der Waals surface area contributed by atoms with Gasteiger partial charge in [-0.15, -0.1) is 35.9 Å². The van der Waals surface area contributed by atoms with Crippen LogP contribution in [-0.2, 0) is 26.5 Å². The molecule has 5 aromatic carbocycles. The molecule has 0 radical (unpaired) electrons. The van der Waals surface area contributed by atoms with Gasteiger partial charge in [-0.3, -0.25) is 0 Å². The number of fused-ring (bicyclic) bond motifs is 6. The Kier molecular flexibility index (Phi) is 8.17. The minimum absolute atomic E-state index is 0. The van der Waals surface area contributed by atoms with Crippen LogP contribution in [0.15, 0.2) is 128 Å². The number of rotatable bonds is 4. The molecule has 0 aliphatic rings. The summed E-state index contributed by atoms with van der Waals surface area (Å²) in [5.74, 6) is 0. The summed E-state index contributed by atoms with van der Waals surface area (Å²) in [5, 5.41) is 14.6. The normalized spacial score (nSPS) is 11.7. The van der Waals surface area contributed by atoms with E-state index in [1.807, 2.05) is 66.9 Å². The standard InChI is InChI=1S/C46H33N5.Pt/c1-29-24-39(48-28-38(29)30-14-6-5-7-15-30)31-16-12-18-33(25-31)50-40-22-10-8-20-35(40)42-37(27-47)43-36-21-9-11-23-41(36)51(45(43)49-44(42)50)34-19-13-17-32(26-34)46(2,3)4;/h5-18,20-24,26,28H,1-4H3;/q-2;+2. The zero-order valence-corrected chi connectivity index (χ0v) is 31.4. The molecule has 52 heavy (non-hydrogen) atoms. The Morgan fingerprint density at radius 1 is 0.712 bits per heavy atom. The molecule has 0 spiro atoms. The molecular weight excluding hydrogens is 818 g/mol. The summed E-state index contributed by atoms with van der Waals surface area (Å²) in [6.07, 6.45) is 1.95. The van der Waals surface area contributed by atoms with Gasteiger partial charge in [-0.2, -0.15) is 29.0 Å². The summed E-state index contributed by atoms with van der Waals surface area (Å²) in [4.78, 5) is 10.4. The number of hydrogen-bond donors (Lipinski definition) is 0. The molecule has 0 fully saturated rings. The topological polar surface area (TPSA) is 59.4 Å². The van der Waals surface area contributed by atoms with Crippen molar-refractivity contribution in [3.05, 3.63) is 156 Å². The Hall–Kier alpha value is -5.82. The maximum atomic E-state index is 11.0. The van der Waals surface area contributed by atoms with Gasteiger partial charge in [-0.25, -0.2) is 4.98 Å². The van der Waals surface area contributed by atoms with Crippen molar-refractivity contribution >= 4 is 43.9 Å². The molecule has 0 bridgehead atoms. The van der Waals surface area contributed by atoms with Crippen LogP contribution < -0.4 is 0 Å². The number of aryl methyl sites for hydroxylation is 1. The summed E-state index contributed by atoms with van der Waals surface area (Å²) >= 11 is 0. The zero-order valence-electron chi connectivity index (χ0n) is 29.2. The van der Waals surface area contributed by atoms with Crippen molar-refractivity contribution in [2.75, 3.05) is 0 Å². The summed E-state index contributed by atoms with van der Waals surface area (Å²) in [5.41, 5.74) is 11.9. The minimum Gasteiger partial charge on any atom is -0.318 e. The quantitative estimate of drug-likeness (QED) is 0.166. The Morgan fingerprint density at radius 2 is 1.35 bits per heavy atom. The first-order valence-electron chi connectivity index (χ1n) is 17.2. The van der Waals surface area contributed by atoms with E-state index in [1.54, 1.807) is 0 Å². The summed E-state index contributed by atoms with van der Waals surface area (Å²) in [6, 6.07) is 51.2. The van der Waals surface area contributed by atoms with Gasteiger partial charge in [0.25, 0.3) is 0 Å². The van der Waals surface area contributed by atoms with Crippen LogP contribution in [0.5, 0.6) is 0 Å². The van der Waals surface area contributed by atoms with Gasteiger partial charge >= 0.3 is 21.1 Å². The molecule has 0 saturated heterocycles. The Bertz CT molecular complexity index is 2870. The predicted molar refractivity (Wildman–Crippen MR) is 207 cm³/mol. The van der Waals surface area contributed by atoms with E-state index in [0.29, 0.717) is 11.2 Å². The van der Waals surface area contributed by atoms with Gasteiger partial charge in [0.15, 0.2) is 0 Å². The molecule has 6 heteroatoms. The van der Waals surface area contributed by atoms with Gasteiger partial charge in [0, 0.05) is 33.3 Å². The average molecular weight is 851 g/mol. The number of pyridine rings is 2. The number of hydrogen-bond acceptors (Lipinski definition) is 3. The third-order valence-corrected chi connectivity index (χ3v) is 9.91. The van der Waals surface area contributed by atoms with E-state index < -0.39 is 0 Å². The maximum absolute atomic E-state index is 11.0. The molecule has 4 heterocycles. The van der Waals surface area contributed by atoms with E-state index in [4.69, 9.17) is 9.97 Å². The van der Waals surface area contributed by atoms with Gasteiger partial charge < -0.3 is 14.1 Å². The fraction of sp³-hybridized carbons (Fsp3) is 0.109. The van der Waals surface area contributed by atoms with Gasteiger partial charge in [-0.1, -0.05) is 99.3 Å². The van der Waals surface area contributed by atoms with Crippen molar-refractivity contribution in [1.82, 2.24) is 19.1 Å². The van der Waals surface area contributed by atoms with Crippen LogP contribution in [0, 0.1) is 30.4 Å². The first-order chi connectivity index (χ1) is 24.8. The molecule has 0 saturated carbocycles. The van der Waals surface area contributed by atoms with Crippen LogP contribution in [0.25, 0.3) is 77.6 Å². The first-order valence-corrected chi connectivity index (χ1v) is 17.2.